The predicted octanol–water partition coefficient (Wildman–Crippen LogP) is 9.54. The monoisotopic (exact) mass is 1200 g/mol. The van der Waals surface area contributed by atoms with Crippen molar-refractivity contribution in [3.8, 4) is 5.75 Å². The Labute approximate surface area is 502 Å². The Morgan fingerprint density at radius 2 is 0.895 bits per heavy atom. The van der Waals surface area contributed by atoms with E-state index in [4.69, 9.17) is 71.1 Å². The second kappa shape index (κ2) is 26.9. The van der Waals surface area contributed by atoms with E-state index in [1.807, 2.05) is 61.5 Å². The first kappa shape index (κ1) is 60.6. The molecule has 6 aromatic carbocycles. The van der Waals surface area contributed by atoms with E-state index in [1.165, 1.54) is 11.8 Å². The Bertz CT molecular complexity index is 3210. The van der Waals surface area contributed by atoms with Crippen LogP contribution >= 0.6 is 11.8 Å². The third-order valence-corrected chi connectivity index (χ3v) is 16.2. The van der Waals surface area contributed by atoms with Crippen molar-refractivity contribution in [3.05, 3.63) is 204 Å². The molecule has 5 heterocycles. The molecule has 6 aromatic rings. The topological polar surface area (TPSA) is 207 Å². The Morgan fingerprint density at radius 3 is 1.43 bits per heavy atom. The molecule has 20 heteroatoms. The van der Waals surface area contributed by atoms with Crippen LogP contribution in [0.4, 0.5) is 0 Å². The van der Waals surface area contributed by atoms with E-state index < -0.39 is 133 Å². The number of methoxy groups -OCH3 is 1. The summed E-state index contributed by atoms with van der Waals surface area (Å²) in [6.07, 6.45) is -16.7. The molecule has 0 radical (unpaired) electrons. The average molecular weight is 1200 g/mol. The highest BCUT2D eigenvalue weighted by Gasteiger charge is 2.62. The van der Waals surface area contributed by atoms with E-state index in [0.717, 1.165) is 5.56 Å². The van der Waals surface area contributed by atoms with E-state index in [9.17, 15) is 19.2 Å². The first-order valence-corrected chi connectivity index (χ1v) is 29.4. The van der Waals surface area contributed by atoms with E-state index in [0.29, 0.717) is 10.6 Å². The van der Waals surface area contributed by atoms with Crippen LogP contribution in [0.5, 0.6) is 5.75 Å². The van der Waals surface area contributed by atoms with Gasteiger partial charge in [-0.05, 0) is 113 Å². The molecule has 0 aromatic heterocycles. The van der Waals surface area contributed by atoms with Gasteiger partial charge in [-0.3, -0.25) is 0 Å². The maximum absolute atomic E-state index is 14.8. The van der Waals surface area contributed by atoms with Crippen molar-refractivity contribution >= 4 is 35.6 Å². The molecule has 19 nitrogen and oxygen atoms in total. The summed E-state index contributed by atoms with van der Waals surface area (Å²) in [6.45, 7) is 7.99. The second-order valence-electron chi connectivity index (χ2n) is 22.1. The van der Waals surface area contributed by atoms with Gasteiger partial charge in [0.1, 0.15) is 79.3 Å². The van der Waals surface area contributed by atoms with Crippen LogP contribution in [0.15, 0.2) is 181 Å². The normalized spacial score (nSPS) is 29.8. The smallest absolute Gasteiger partial charge is 0.338 e. The van der Waals surface area contributed by atoms with Crippen molar-refractivity contribution in [3.63, 3.8) is 0 Å². The van der Waals surface area contributed by atoms with Gasteiger partial charge in [0, 0.05) is 4.90 Å². The number of fused-ring (bicyclic) bond motifs is 2. The van der Waals surface area contributed by atoms with Gasteiger partial charge < -0.3 is 71.1 Å². The maximum atomic E-state index is 14.8. The number of esters is 4. The SMILES string of the molecule is COc1ccc(CO[C@@H]2[C@H](O[C@@H]3[C@@H](OC(=O)c4ccccc4)[C@H](Sc4ccccc4)O[C@H](COC(=O)c4ccccc4)[C@H]3O[C@@H]3O[C@H](COC(=O)c4ccccc4)[C@@H]4OC(C)(C)O[C@@H]4[C@H]3OC(=O)c3ccccc3)O[C@@H](C)[C@H]3OC(C)(C)O[C@@H]23)cc1. The van der Waals surface area contributed by atoms with Crippen molar-refractivity contribution in [2.75, 3.05) is 20.3 Å². The highest BCUT2D eigenvalue weighted by atomic mass is 32.2. The minimum Gasteiger partial charge on any atom is -0.497 e. The van der Waals surface area contributed by atoms with Crippen LogP contribution < -0.4 is 4.74 Å². The summed E-state index contributed by atoms with van der Waals surface area (Å²) in [5, 5.41) is 0. The first-order chi connectivity index (χ1) is 41.6. The van der Waals surface area contributed by atoms with Gasteiger partial charge in [0.15, 0.2) is 36.4 Å². The molecule has 0 aliphatic carbocycles. The lowest BCUT2D eigenvalue weighted by Gasteiger charge is -2.50. The summed E-state index contributed by atoms with van der Waals surface area (Å²) in [5.74, 6) is -4.58. The average Bonchev–Trinajstić information content (AvgIpc) is 1.93. The first-order valence-electron chi connectivity index (χ1n) is 28.5. The molecule has 5 aliphatic heterocycles. The Kier molecular flexibility index (Phi) is 19.0. The third kappa shape index (κ3) is 14.3. The molecule has 0 saturated carbocycles. The zero-order chi connectivity index (χ0) is 60.0. The molecule has 0 spiro atoms. The Balaban J connectivity index is 1.04. The van der Waals surface area contributed by atoms with Crippen LogP contribution in [0.3, 0.4) is 0 Å². The van der Waals surface area contributed by atoms with Gasteiger partial charge in [-0.25, -0.2) is 19.2 Å². The molecule has 0 bridgehead atoms. The molecule has 11 rings (SSSR count). The molecule has 5 fully saturated rings. The molecular formula is C66H68O19S. The minimum absolute atomic E-state index is 0.0472. The number of hydrogen-bond donors (Lipinski definition) is 0. The Hall–Kier alpha value is -7.05. The third-order valence-electron chi connectivity index (χ3n) is 15.1. The van der Waals surface area contributed by atoms with Crippen molar-refractivity contribution in [1.82, 2.24) is 0 Å². The van der Waals surface area contributed by atoms with E-state index in [-0.39, 0.29) is 35.5 Å². The summed E-state index contributed by atoms with van der Waals surface area (Å²) >= 11 is 1.22. The van der Waals surface area contributed by atoms with Gasteiger partial charge in [0.2, 0.25) is 0 Å². The van der Waals surface area contributed by atoms with Gasteiger partial charge in [0.25, 0.3) is 0 Å². The minimum atomic E-state index is -1.66. The van der Waals surface area contributed by atoms with E-state index >= 15 is 0 Å². The highest BCUT2D eigenvalue weighted by Crippen LogP contribution is 2.45. The summed E-state index contributed by atoms with van der Waals surface area (Å²) in [6, 6.07) is 50.3. The van der Waals surface area contributed by atoms with Crippen LogP contribution in [-0.4, -0.2) is 147 Å². The van der Waals surface area contributed by atoms with Gasteiger partial charge in [-0.15, -0.1) is 0 Å². The van der Waals surface area contributed by atoms with E-state index in [1.54, 1.807) is 156 Å². The van der Waals surface area contributed by atoms with Gasteiger partial charge in [-0.2, -0.15) is 0 Å². The van der Waals surface area contributed by atoms with Crippen molar-refractivity contribution in [2.45, 2.75) is 149 Å². The number of carbonyl (C=O) groups excluding carboxylic acids is 4. The lowest BCUT2D eigenvalue weighted by molar-refractivity contribution is -0.358. The summed E-state index contributed by atoms with van der Waals surface area (Å²) < 4.78 is 99.6. The van der Waals surface area contributed by atoms with Crippen LogP contribution in [0.25, 0.3) is 0 Å². The van der Waals surface area contributed by atoms with Gasteiger partial charge >= 0.3 is 23.9 Å². The van der Waals surface area contributed by atoms with Crippen LogP contribution in [0.1, 0.15) is 81.6 Å². The second-order valence-corrected chi connectivity index (χ2v) is 23.3. The zero-order valence-corrected chi connectivity index (χ0v) is 49.0. The number of hydrogen-bond acceptors (Lipinski definition) is 20. The molecule has 452 valence electrons. The zero-order valence-electron chi connectivity index (χ0n) is 48.2. The molecule has 5 aliphatic rings. The number of carbonyl (C=O) groups is 4. The summed E-state index contributed by atoms with van der Waals surface area (Å²) in [5.41, 5.74) is 0.582. The van der Waals surface area contributed by atoms with Crippen molar-refractivity contribution in [1.29, 1.82) is 0 Å². The van der Waals surface area contributed by atoms with Crippen LogP contribution in [-0.2, 0) is 72.9 Å². The highest BCUT2D eigenvalue weighted by molar-refractivity contribution is 7.99. The van der Waals surface area contributed by atoms with Crippen LogP contribution in [0.2, 0.25) is 0 Å². The lowest BCUT2D eigenvalue weighted by atomic mass is 9.96. The molecule has 0 N–H and O–H groups in total. The number of rotatable bonds is 20. The van der Waals surface area contributed by atoms with E-state index in [2.05, 4.69) is 0 Å². The van der Waals surface area contributed by atoms with Gasteiger partial charge in [-0.1, -0.05) is 115 Å². The molecule has 86 heavy (non-hydrogen) atoms. The molecular weight excluding hydrogens is 1130 g/mol. The Morgan fingerprint density at radius 1 is 0.453 bits per heavy atom. The number of thioether (sulfide) groups is 1. The van der Waals surface area contributed by atoms with Crippen molar-refractivity contribution in [2.24, 2.45) is 0 Å². The largest absolute Gasteiger partial charge is 0.497 e. The maximum Gasteiger partial charge on any atom is 0.338 e. The predicted molar refractivity (Wildman–Crippen MR) is 308 cm³/mol. The van der Waals surface area contributed by atoms with Crippen LogP contribution in [0, 0.1) is 0 Å². The molecule has 5 saturated heterocycles. The quantitative estimate of drug-likeness (QED) is 0.0515. The fraction of sp³-hybridized carbons (Fsp3) is 0.394. The fourth-order valence-corrected chi connectivity index (χ4v) is 12.1. The van der Waals surface area contributed by atoms with Crippen molar-refractivity contribution < 1.29 is 90.2 Å². The van der Waals surface area contributed by atoms with Gasteiger partial charge in [0.05, 0.1) is 42.1 Å². The molecule has 0 unspecified atom stereocenters. The standard InChI is InChI=1S/C66H68O19S/c1-39-49-53(84-65(2,3)82-49)55(72-36-40-32-34-45(71-6)35-33-40)62(75-39)81-52-50(47(37-73-58(67)41-22-12-7-13-23-41)77-64(86-46-30-20-11-21-31-46)57(52)79-61(70)44-28-18-10-19-29-44)80-63-56(78-60(69)43-26-16-9-17-27-43)54-51(83-66(4,5)85-54)48(76-63)38-74-59(68)42-24-14-8-15-25-42/h7-35,39,47-57,62-64H,36-38H2,1-6H3/t39-,47+,48+,49+,50+,51-,52-,53+,54-,55-,56+,57+,62-,63-,64-/m0/s1. The fourth-order valence-electron chi connectivity index (χ4n) is 11.0. The number of benzene rings is 6. The lowest BCUT2D eigenvalue weighted by Crippen LogP contribution is -2.67. The summed E-state index contributed by atoms with van der Waals surface area (Å²) in [4.78, 5) is 57.7. The summed E-state index contributed by atoms with van der Waals surface area (Å²) in [7, 11) is 1.58. The molecule has 0 amide bonds. The number of ether oxygens (including phenoxy) is 15. The molecule has 15 atom stereocenters.